The second kappa shape index (κ2) is 5.27. The molecule has 0 aromatic heterocycles. The molecule has 0 aromatic rings. The van der Waals surface area contributed by atoms with E-state index in [0.717, 1.165) is 25.3 Å². The summed E-state index contributed by atoms with van der Waals surface area (Å²) >= 11 is 0. The Kier molecular flexibility index (Phi) is 4.14. The molecule has 0 amide bonds. The van der Waals surface area contributed by atoms with Gasteiger partial charge in [0.2, 0.25) is 0 Å². The Hall–Kier alpha value is -0.0800. The Morgan fingerprint density at radius 3 is 2.35 bits per heavy atom. The van der Waals surface area contributed by atoms with Gasteiger partial charge in [0.15, 0.2) is 0 Å². The first-order chi connectivity index (χ1) is 8.00. The van der Waals surface area contributed by atoms with Crippen LogP contribution in [0.2, 0.25) is 0 Å². The van der Waals surface area contributed by atoms with Gasteiger partial charge in [0.1, 0.15) is 0 Å². The zero-order valence-corrected chi connectivity index (χ0v) is 11.8. The van der Waals surface area contributed by atoms with E-state index >= 15 is 0 Å². The molecule has 0 bridgehead atoms. The van der Waals surface area contributed by atoms with Crippen molar-refractivity contribution in [3.8, 4) is 0 Å². The summed E-state index contributed by atoms with van der Waals surface area (Å²) in [4.78, 5) is 2.60. The summed E-state index contributed by atoms with van der Waals surface area (Å²) in [6.45, 7) is 4.76. The third-order valence-corrected chi connectivity index (χ3v) is 5.16. The quantitative estimate of drug-likeness (QED) is 0.800. The topological polar surface area (TPSA) is 23.5 Å². The Labute approximate surface area is 106 Å². The SMILES string of the molecule is CN(C1CCCCC1)C1CC(O)CCC1(C)C. The van der Waals surface area contributed by atoms with Gasteiger partial charge in [-0.25, -0.2) is 0 Å². The van der Waals surface area contributed by atoms with Crippen LogP contribution in [-0.2, 0) is 0 Å². The van der Waals surface area contributed by atoms with Crippen LogP contribution in [0.1, 0.15) is 65.2 Å². The van der Waals surface area contributed by atoms with E-state index in [0.29, 0.717) is 11.5 Å². The van der Waals surface area contributed by atoms with Gasteiger partial charge in [-0.3, -0.25) is 4.90 Å². The summed E-state index contributed by atoms with van der Waals surface area (Å²) in [7, 11) is 2.29. The third kappa shape index (κ3) is 3.03. The molecule has 0 spiro atoms. The van der Waals surface area contributed by atoms with Crippen LogP contribution < -0.4 is 0 Å². The average molecular weight is 239 g/mol. The Morgan fingerprint density at radius 2 is 1.71 bits per heavy atom. The van der Waals surface area contributed by atoms with Gasteiger partial charge in [0.25, 0.3) is 0 Å². The molecule has 1 N–H and O–H groups in total. The highest BCUT2D eigenvalue weighted by Gasteiger charge is 2.40. The summed E-state index contributed by atoms with van der Waals surface area (Å²) in [6.07, 6.45) is 9.98. The lowest BCUT2D eigenvalue weighted by molar-refractivity contribution is -0.0232. The van der Waals surface area contributed by atoms with E-state index in [2.05, 4.69) is 25.8 Å². The molecule has 2 aliphatic carbocycles. The minimum atomic E-state index is -0.0703. The van der Waals surface area contributed by atoms with Gasteiger partial charge >= 0.3 is 0 Å². The van der Waals surface area contributed by atoms with Crippen molar-refractivity contribution in [2.75, 3.05) is 7.05 Å². The maximum atomic E-state index is 9.93. The molecular formula is C15H29NO. The van der Waals surface area contributed by atoms with E-state index in [4.69, 9.17) is 0 Å². The van der Waals surface area contributed by atoms with Crippen LogP contribution in [0.15, 0.2) is 0 Å². The Bertz CT molecular complexity index is 245. The van der Waals surface area contributed by atoms with Crippen LogP contribution in [0.25, 0.3) is 0 Å². The predicted molar refractivity (Wildman–Crippen MR) is 72.1 cm³/mol. The van der Waals surface area contributed by atoms with Crippen molar-refractivity contribution in [3.05, 3.63) is 0 Å². The molecule has 2 nitrogen and oxygen atoms in total. The van der Waals surface area contributed by atoms with E-state index in [-0.39, 0.29) is 6.10 Å². The second-order valence-corrected chi connectivity index (χ2v) is 6.89. The molecule has 0 radical (unpaired) electrons. The van der Waals surface area contributed by atoms with Crippen LogP contribution in [0.3, 0.4) is 0 Å². The molecule has 2 aliphatic rings. The summed E-state index contributed by atoms with van der Waals surface area (Å²) in [5, 5.41) is 9.93. The average Bonchev–Trinajstić information content (AvgIpc) is 2.33. The first-order valence-corrected chi connectivity index (χ1v) is 7.41. The summed E-state index contributed by atoms with van der Waals surface area (Å²) < 4.78 is 0. The largest absolute Gasteiger partial charge is 0.393 e. The van der Waals surface area contributed by atoms with Crippen molar-refractivity contribution < 1.29 is 5.11 Å². The van der Waals surface area contributed by atoms with Gasteiger partial charge in [-0.05, 0) is 44.6 Å². The van der Waals surface area contributed by atoms with E-state index in [1.165, 1.54) is 32.1 Å². The van der Waals surface area contributed by atoms with Crippen molar-refractivity contribution >= 4 is 0 Å². The first kappa shape index (κ1) is 13.4. The minimum Gasteiger partial charge on any atom is -0.393 e. The maximum absolute atomic E-state index is 9.93. The third-order valence-electron chi connectivity index (χ3n) is 5.16. The van der Waals surface area contributed by atoms with Crippen LogP contribution >= 0.6 is 0 Å². The first-order valence-electron chi connectivity index (χ1n) is 7.41. The number of nitrogens with zero attached hydrogens (tertiary/aromatic N) is 1. The second-order valence-electron chi connectivity index (χ2n) is 6.89. The van der Waals surface area contributed by atoms with E-state index in [1.54, 1.807) is 0 Å². The van der Waals surface area contributed by atoms with Crippen LogP contribution in [0.4, 0.5) is 0 Å². The molecule has 2 rings (SSSR count). The highest BCUT2D eigenvalue weighted by Crippen LogP contribution is 2.40. The number of aliphatic hydroxyl groups is 1. The summed E-state index contributed by atoms with van der Waals surface area (Å²) in [5.74, 6) is 0. The Balaban J connectivity index is 2.02. The molecule has 2 unspecified atom stereocenters. The van der Waals surface area contributed by atoms with Gasteiger partial charge in [-0.1, -0.05) is 33.1 Å². The van der Waals surface area contributed by atoms with Crippen LogP contribution in [-0.4, -0.2) is 35.2 Å². The fraction of sp³-hybridized carbons (Fsp3) is 1.00. The molecule has 2 heteroatoms. The summed E-state index contributed by atoms with van der Waals surface area (Å²) in [5.41, 5.74) is 0.366. The van der Waals surface area contributed by atoms with Gasteiger partial charge in [0.05, 0.1) is 6.10 Å². The highest BCUT2D eigenvalue weighted by molar-refractivity contribution is 4.94. The van der Waals surface area contributed by atoms with Gasteiger partial charge in [0, 0.05) is 12.1 Å². The molecule has 0 heterocycles. The van der Waals surface area contributed by atoms with Crippen molar-refractivity contribution in [2.45, 2.75) is 83.4 Å². The standard InChI is InChI=1S/C15H29NO/c1-15(2)10-9-13(17)11-14(15)16(3)12-7-5-4-6-8-12/h12-14,17H,4-11H2,1-3H3. The molecular weight excluding hydrogens is 210 g/mol. The molecule has 0 aromatic carbocycles. The molecule has 0 saturated heterocycles. The number of rotatable bonds is 2. The summed E-state index contributed by atoms with van der Waals surface area (Å²) in [6, 6.07) is 1.33. The van der Waals surface area contributed by atoms with Crippen LogP contribution in [0.5, 0.6) is 0 Å². The maximum Gasteiger partial charge on any atom is 0.0555 e. The fourth-order valence-corrected chi connectivity index (χ4v) is 3.86. The van der Waals surface area contributed by atoms with E-state index < -0.39 is 0 Å². The molecule has 0 aliphatic heterocycles. The van der Waals surface area contributed by atoms with Gasteiger partial charge < -0.3 is 5.11 Å². The fourth-order valence-electron chi connectivity index (χ4n) is 3.86. The van der Waals surface area contributed by atoms with Crippen molar-refractivity contribution in [1.29, 1.82) is 0 Å². The van der Waals surface area contributed by atoms with Gasteiger partial charge in [-0.15, -0.1) is 0 Å². The smallest absolute Gasteiger partial charge is 0.0555 e. The van der Waals surface area contributed by atoms with Crippen LogP contribution in [0, 0.1) is 5.41 Å². The number of hydrogen-bond acceptors (Lipinski definition) is 2. The highest BCUT2D eigenvalue weighted by atomic mass is 16.3. The van der Waals surface area contributed by atoms with E-state index in [1.807, 2.05) is 0 Å². The lowest BCUT2D eigenvalue weighted by atomic mass is 9.71. The monoisotopic (exact) mass is 239 g/mol. The number of aliphatic hydroxyl groups excluding tert-OH is 1. The van der Waals surface area contributed by atoms with Crippen molar-refractivity contribution in [3.63, 3.8) is 0 Å². The van der Waals surface area contributed by atoms with Crippen molar-refractivity contribution in [2.24, 2.45) is 5.41 Å². The molecule has 100 valence electrons. The van der Waals surface area contributed by atoms with Crippen molar-refractivity contribution in [1.82, 2.24) is 4.90 Å². The molecule has 2 fully saturated rings. The lowest BCUT2D eigenvalue weighted by Crippen LogP contribution is -2.52. The normalized spacial score (nSPS) is 35.1. The molecule has 2 saturated carbocycles. The van der Waals surface area contributed by atoms with E-state index in [9.17, 15) is 5.11 Å². The number of hydrogen-bond donors (Lipinski definition) is 1. The zero-order valence-electron chi connectivity index (χ0n) is 11.8. The lowest BCUT2D eigenvalue weighted by Gasteiger charge is -2.48. The molecule has 17 heavy (non-hydrogen) atoms. The van der Waals surface area contributed by atoms with Gasteiger partial charge in [-0.2, -0.15) is 0 Å². The Morgan fingerprint density at radius 1 is 1.06 bits per heavy atom. The minimum absolute atomic E-state index is 0.0703. The predicted octanol–water partition coefficient (Wildman–Crippen LogP) is 3.19. The molecule has 2 atom stereocenters. The zero-order chi connectivity index (χ0) is 12.5.